The SMILES string of the molecule is CCOC(=O)c1cnn(C)c1COc1ccccc1I. The molecule has 1 aromatic heterocycles. The van der Waals surface area contributed by atoms with E-state index in [2.05, 4.69) is 27.7 Å². The van der Waals surface area contributed by atoms with Gasteiger partial charge in [0.15, 0.2) is 0 Å². The highest BCUT2D eigenvalue weighted by atomic mass is 127. The highest BCUT2D eigenvalue weighted by Gasteiger charge is 2.17. The maximum absolute atomic E-state index is 11.8. The molecule has 0 saturated carbocycles. The molecule has 0 saturated heterocycles. The lowest BCUT2D eigenvalue weighted by Gasteiger charge is -2.09. The Morgan fingerprint density at radius 1 is 1.40 bits per heavy atom. The summed E-state index contributed by atoms with van der Waals surface area (Å²) in [7, 11) is 1.78. The lowest BCUT2D eigenvalue weighted by atomic mass is 10.2. The summed E-state index contributed by atoms with van der Waals surface area (Å²) < 4.78 is 13.4. The van der Waals surface area contributed by atoms with Gasteiger partial charge in [0.05, 0.1) is 22.1 Å². The predicted octanol–water partition coefficient (Wildman–Crippen LogP) is 2.78. The number of aryl methyl sites for hydroxylation is 1. The molecule has 0 aliphatic carbocycles. The monoisotopic (exact) mass is 386 g/mol. The molecule has 0 amide bonds. The van der Waals surface area contributed by atoms with Crippen LogP contribution in [0.3, 0.4) is 0 Å². The quantitative estimate of drug-likeness (QED) is 0.586. The van der Waals surface area contributed by atoms with Crippen LogP contribution in [0.5, 0.6) is 5.75 Å². The number of esters is 1. The van der Waals surface area contributed by atoms with Crippen LogP contribution in [0.15, 0.2) is 30.5 Å². The molecule has 0 atom stereocenters. The van der Waals surface area contributed by atoms with E-state index in [1.807, 2.05) is 24.3 Å². The maximum atomic E-state index is 11.8. The Labute approximate surface area is 131 Å². The second-order valence-corrected chi connectivity index (χ2v) is 5.23. The Morgan fingerprint density at radius 2 is 2.15 bits per heavy atom. The van der Waals surface area contributed by atoms with Crippen molar-refractivity contribution in [1.82, 2.24) is 9.78 Å². The van der Waals surface area contributed by atoms with Crippen LogP contribution in [0.4, 0.5) is 0 Å². The Morgan fingerprint density at radius 3 is 2.85 bits per heavy atom. The fourth-order valence-electron chi connectivity index (χ4n) is 1.72. The van der Waals surface area contributed by atoms with Crippen molar-refractivity contribution in [2.24, 2.45) is 7.05 Å². The molecule has 1 heterocycles. The second-order valence-electron chi connectivity index (χ2n) is 4.07. The van der Waals surface area contributed by atoms with Crippen molar-refractivity contribution < 1.29 is 14.3 Å². The minimum absolute atomic E-state index is 0.269. The molecule has 106 valence electrons. The van der Waals surface area contributed by atoms with E-state index in [0.717, 1.165) is 9.32 Å². The fourth-order valence-corrected chi connectivity index (χ4v) is 2.26. The van der Waals surface area contributed by atoms with E-state index < -0.39 is 0 Å². The predicted molar refractivity (Wildman–Crippen MR) is 82.7 cm³/mol. The van der Waals surface area contributed by atoms with Crippen LogP contribution in [-0.2, 0) is 18.4 Å². The van der Waals surface area contributed by atoms with Gasteiger partial charge < -0.3 is 9.47 Å². The van der Waals surface area contributed by atoms with E-state index in [1.165, 1.54) is 6.20 Å². The number of hydrogen-bond donors (Lipinski definition) is 0. The summed E-state index contributed by atoms with van der Waals surface area (Å²) in [6.45, 7) is 2.38. The normalized spacial score (nSPS) is 10.3. The van der Waals surface area contributed by atoms with Gasteiger partial charge in [-0.05, 0) is 41.6 Å². The van der Waals surface area contributed by atoms with Crippen molar-refractivity contribution in [2.75, 3.05) is 6.61 Å². The Balaban J connectivity index is 2.15. The van der Waals surface area contributed by atoms with E-state index in [9.17, 15) is 4.79 Å². The smallest absolute Gasteiger partial charge is 0.341 e. The molecule has 0 radical (unpaired) electrons. The number of carbonyl (C=O) groups is 1. The molecule has 5 nitrogen and oxygen atoms in total. The molecule has 0 aliphatic heterocycles. The third kappa shape index (κ3) is 3.30. The van der Waals surface area contributed by atoms with Gasteiger partial charge in [-0.1, -0.05) is 12.1 Å². The lowest BCUT2D eigenvalue weighted by Crippen LogP contribution is -2.11. The fraction of sp³-hybridized carbons (Fsp3) is 0.286. The van der Waals surface area contributed by atoms with Gasteiger partial charge >= 0.3 is 5.97 Å². The summed E-state index contributed by atoms with van der Waals surface area (Å²) in [6.07, 6.45) is 1.51. The van der Waals surface area contributed by atoms with E-state index in [0.29, 0.717) is 17.9 Å². The van der Waals surface area contributed by atoms with Crippen molar-refractivity contribution in [3.8, 4) is 5.75 Å². The maximum Gasteiger partial charge on any atom is 0.341 e. The first-order chi connectivity index (χ1) is 9.63. The van der Waals surface area contributed by atoms with E-state index in [4.69, 9.17) is 9.47 Å². The number of ether oxygens (including phenoxy) is 2. The molecule has 0 unspecified atom stereocenters. The van der Waals surface area contributed by atoms with Crippen LogP contribution in [0, 0.1) is 3.57 Å². The lowest BCUT2D eigenvalue weighted by molar-refractivity contribution is 0.0523. The average molecular weight is 386 g/mol. The van der Waals surface area contributed by atoms with Crippen molar-refractivity contribution in [1.29, 1.82) is 0 Å². The van der Waals surface area contributed by atoms with Gasteiger partial charge in [0.25, 0.3) is 0 Å². The van der Waals surface area contributed by atoms with E-state index in [1.54, 1.807) is 18.7 Å². The van der Waals surface area contributed by atoms with Gasteiger partial charge in [-0.15, -0.1) is 0 Å². The zero-order valence-corrected chi connectivity index (χ0v) is 13.5. The zero-order valence-electron chi connectivity index (χ0n) is 11.3. The van der Waals surface area contributed by atoms with Crippen LogP contribution >= 0.6 is 22.6 Å². The number of rotatable bonds is 5. The Bertz CT molecular complexity index is 610. The third-order valence-electron chi connectivity index (χ3n) is 2.76. The van der Waals surface area contributed by atoms with Crippen LogP contribution in [0.25, 0.3) is 0 Å². The number of para-hydroxylation sites is 1. The van der Waals surface area contributed by atoms with Gasteiger partial charge in [0, 0.05) is 7.05 Å². The molecule has 2 rings (SSSR count). The first-order valence-electron chi connectivity index (χ1n) is 6.18. The van der Waals surface area contributed by atoms with Crippen molar-refractivity contribution in [2.45, 2.75) is 13.5 Å². The minimum Gasteiger partial charge on any atom is -0.486 e. The van der Waals surface area contributed by atoms with E-state index >= 15 is 0 Å². The highest BCUT2D eigenvalue weighted by Crippen LogP contribution is 2.21. The Kier molecular flexibility index (Phi) is 4.99. The van der Waals surface area contributed by atoms with Crippen LogP contribution in [0.2, 0.25) is 0 Å². The van der Waals surface area contributed by atoms with Crippen molar-refractivity contribution >= 4 is 28.6 Å². The summed E-state index contributed by atoms with van der Waals surface area (Å²) in [4.78, 5) is 11.8. The standard InChI is InChI=1S/C14H15IN2O3/c1-3-19-14(18)10-8-16-17(2)12(10)9-20-13-7-5-4-6-11(13)15/h4-8H,3,9H2,1-2H3. The third-order valence-corrected chi connectivity index (χ3v) is 3.65. The van der Waals surface area contributed by atoms with Crippen molar-refractivity contribution in [3.05, 3.63) is 45.3 Å². The first kappa shape index (κ1) is 14.8. The molecule has 0 N–H and O–H groups in total. The zero-order chi connectivity index (χ0) is 14.5. The molecular formula is C14H15IN2O3. The molecule has 0 fully saturated rings. The summed E-state index contributed by atoms with van der Waals surface area (Å²) in [5.74, 6) is 0.408. The average Bonchev–Trinajstić information content (AvgIpc) is 2.79. The summed E-state index contributed by atoms with van der Waals surface area (Å²) in [6, 6.07) is 7.71. The number of halogens is 1. The molecule has 2 aromatic rings. The first-order valence-corrected chi connectivity index (χ1v) is 7.26. The number of nitrogens with zero attached hydrogens (tertiary/aromatic N) is 2. The van der Waals surface area contributed by atoms with Gasteiger partial charge in [-0.2, -0.15) is 5.10 Å². The second kappa shape index (κ2) is 6.74. The molecule has 20 heavy (non-hydrogen) atoms. The number of hydrogen-bond acceptors (Lipinski definition) is 4. The molecule has 1 aromatic carbocycles. The van der Waals surface area contributed by atoms with Crippen LogP contribution in [0.1, 0.15) is 23.0 Å². The van der Waals surface area contributed by atoms with Crippen molar-refractivity contribution in [3.63, 3.8) is 0 Å². The molecule has 6 heteroatoms. The van der Waals surface area contributed by atoms with E-state index in [-0.39, 0.29) is 12.6 Å². The number of aromatic nitrogens is 2. The summed E-state index contributed by atoms with van der Waals surface area (Å²) >= 11 is 2.21. The topological polar surface area (TPSA) is 53.3 Å². The Hall–Kier alpha value is -1.57. The molecule has 0 aliphatic rings. The molecule has 0 spiro atoms. The van der Waals surface area contributed by atoms with Crippen LogP contribution in [-0.4, -0.2) is 22.4 Å². The van der Waals surface area contributed by atoms with Gasteiger partial charge in [0.2, 0.25) is 0 Å². The number of benzene rings is 1. The summed E-state index contributed by atoms with van der Waals surface area (Å²) in [5, 5.41) is 4.09. The summed E-state index contributed by atoms with van der Waals surface area (Å²) in [5.41, 5.74) is 1.14. The number of carbonyl (C=O) groups excluding carboxylic acids is 1. The molecule has 0 bridgehead atoms. The molecular weight excluding hydrogens is 371 g/mol. The van der Waals surface area contributed by atoms with Gasteiger partial charge in [0.1, 0.15) is 17.9 Å². The largest absolute Gasteiger partial charge is 0.486 e. The van der Waals surface area contributed by atoms with Gasteiger partial charge in [-0.3, -0.25) is 4.68 Å². The van der Waals surface area contributed by atoms with Crippen LogP contribution < -0.4 is 4.74 Å². The highest BCUT2D eigenvalue weighted by molar-refractivity contribution is 14.1. The van der Waals surface area contributed by atoms with Gasteiger partial charge in [-0.25, -0.2) is 4.79 Å². The minimum atomic E-state index is -0.373.